The van der Waals surface area contributed by atoms with E-state index in [1.165, 1.54) is 0 Å². The summed E-state index contributed by atoms with van der Waals surface area (Å²) in [5.74, 6) is 1.55. The highest BCUT2D eigenvalue weighted by atomic mass is 35.5. The zero-order valence-electron chi connectivity index (χ0n) is 9.86. The molecule has 0 bridgehead atoms. The average Bonchev–Trinajstić information content (AvgIpc) is 2.35. The van der Waals surface area contributed by atoms with Gasteiger partial charge in [-0.1, -0.05) is 19.1 Å². The second-order valence-electron chi connectivity index (χ2n) is 3.72. The average molecular weight is 277 g/mol. The van der Waals surface area contributed by atoms with E-state index in [4.69, 9.17) is 16.3 Å². The topological polar surface area (TPSA) is 43.4 Å². The van der Waals surface area contributed by atoms with Crippen LogP contribution in [-0.2, 0) is 15.7 Å². The van der Waals surface area contributed by atoms with E-state index in [1.54, 1.807) is 6.92 Å². The van der Waals surface area contributed by atoms with Crippen molar-refractivity contribution in [2.75, 3.05) is 18.1 Å². The summed E-state index contributed by atoms with van der Waals surface area (Å²) >= 11 is 5.70. The molecule has 0 aliphatic heterocycles. The molecule has 0 spiro atoms. The Hall–Kier alpha value is -0.740. The van der Waals surface area contributed by atoms with Crippen molar-refractivity contribution in [3.05, 3.63) is 29.8 Å². The maximum absolute atomic E-state index is 11.2. The fraction of sp³-hybridized carbons (Fsp3) is 0.500. The van der Waals surface area contributed by atoms with E-state index in [2.05, 4.69) is 0 Å². The summed E-state index contributed by atoms with van der Waals surface area (Å²) in [5, 5.41) is 0. The van der Waals surface area contributed by atoms with Crippen molar-refractivity contribution in [3.8, 4) is 5.75 Å². The van der Waals surface area contributed by atoms with Gasteiger partial charge in [-0.15, -0.1) is 11.6 Å². The van der Waals surface area contributed by atoms with E-state index in [0.29, 0.717) is 18.9 Å². The zero-order valence-corrected chi connectivity index (χ0v) is 11.4. The van der Waals surface area contributed by atoms with Crippen LogP contribution >= 0.6 is 11.6 Å². The van der Waals surface area contributed by atoms with Crippen LogP contribution in [0.25, 0.3) is 0 Å². The van der Waals surface area contributed by atoms with Crippen molar-refractivity contribution in [3.63, 3.8) is 0 Å². The molecule has 0 aliphatic rings. The van der Waals surface area contributed by atoms with Crippen molar-refractivity contribution in [2.24, 2.45) is 0 Å². The number of hydrogen-bond acceptors (Lipinski definition) is 3. The predicted molar refractivity (Wildman–Crippen MR) is 70.4 cm³/mol. The molecule has 0 N–H and O–H groups in total. The summed E-state index contributed by atoms with van der Waals surface area (Å²) in [6.45, 7) is 2.06. The lowest BCUT2D eigenvalue weighted by atomic mass is 10.2. The molecule has 1 rings (SSSR count). The van der Waals surface area contributed by atoms with Crippen LogP contribution in [0, 0.1) is 0 Å². The first kappa shape index (κ1) is 14.3. The highest BCUT2D eigenvalue weighted by molar-refractivity contribution is 7.91. The van der Waals surface area contributed by atoms with E-state index in [1.807, 2.05) is 24.3 Å². The smallest absolute Gasteiger partial charge is 0.150 e. The van der Waals surface area contributed by atoms with Crippen LogP contribution in [0.5, 0.6) is 5.75 Å². The lowest BCUT2D eigenvalue weighted by Gasteiger charge is -2.07. The van der Waals surface area contributed by atoms with Crippen molar-refractivity contribution in [1.29, 1.82) is 0 Å². The van der Waals surface area contributed by atoms with E-state index >= 15 is 0 Å². The molecule has 3 nitrogen and oxygen atoms in total. The van der Waals surface area contributed by atoms with Crippen LogP contribution in [0.2, 0.25) is 0 Å². The molecule has 0 atom stereocenters. The van der Waals surface area contributed by atoms with Crippen molar-refractivity contribution in [1.82, 2.24) is 0 Å². The Morgan fingerprint density at radius 1 is 1.35 bits per heavy atom. The Morgan fingerprint density at radius 3 is 2.76 bits per heavy atom. The molecule has 0 saturated heterocycles. The molecule has 96 valence electrons. The second-order valence-corrected chi connectivity index (χ2v) is 6.46. The molecule has 0 saturated carbocycles. The van der Waals surface area contributed by atoms with Crippen LogP contribution in [-0.4, -0.2) is 26.5 Å². The van der Waals surface area contributed by atoms with Gasteiger partial charge in [-0.05, 0) is 24.1 Å². The van der Waals surface area contributed by atoms with Crippen LogP contribution in [0.1, 0.15) is 18.9 Å². The molecule has 0 radical (unpaired) electrons. The number of ether oxygens (including phenoxy) is 1. The summed E-state index contributed by atoms with van der Waals surface area (Å²) in [6, 6.07) is 7.49. The van der Waals surface area contributed by atoms with E-state index < -0.39 is 9.84 Å². The third kappa shape index (κ3) is 5.41. The fourth-order valence-electron chi connectivity index (χ4n) is 1.33. The van der Waals surface area contributed by atoms with Crippen LogP contribution in [0.4, 0.5) is 0 Å². The normalized spacial score (nSPS) is 11.4. The first-order chi connectivity index (χ1) is 8.07. The molecule has 5 heteroatoms. The minimum Gasteiger partial charge on any atom is -0.494 e. The number of sulfone groups is 1. The minimum atomic E-state index is -2.89. The quantitative estimate of drug-likeness (QED) is 0.568. The van der Waals surface area contributed by atoms with Gasteiger partial charge in [-0.25, -0.2) is 8.42 Å². The Morgan fingerprint density at radius 2 is 2.12 bits per heavy atom. The first-order valence-corrected chi connectivity index (χ1v) is 7.91. The summed E-state index contributed by atoms with van der Waals surface area (Å²) in [5.41, 5.74) is 0.991. The van der Waals surface area contributed by atoms with Crippen LogP contribution in [0.15, 0.2) is 24.3 Å². The fourth-order valence-corrected chi connectivity index (χ4v) is 2.34. The summed E-state index contributed by atoms with van der Waals surface area (Å²) in [7, 11) is -2.89. The van der Waals surface area contributed by atoms with Gasteiger partial charge in [0.25, 0.3) is 0 Å². The Labute approximate surface area is 108 Å². The standard InChI is InChI=1S/C12H17ClO3S/c1-2-17(14,15)8-4-7-16-12-6-3-5-11(9-12)10-13/h3,5-6,9H,2,4,7-8,10H2,1H3. The van der Waals surface area contributed by atoms with Gasteiger partial charge >= 0.3 is 0 Å². The molecule has 0 unspecified atom stereocenters. The molecular formula is C12H17ClO3S. The maximum atomic E-state index is 11.2. The van der Waals surface area contributed by atoms with Crippen molar-refractivity contribution in [2.45, 2.75) is 19.2 Å². The van der Waals surface area contributed by atoms with Crippen molar-refractivity contribution >= 4 is 21.4 Å². The lowest BCUT2D eigenvalue weighted by molar-refractivity contribution is 0.317. The molecular weight excluding hydrogens is 260 g/mol. The highest BCUT2D eigenvalue weighted by Crippen LogP contribution is 2.15. The molecule has 0 aliphatic carbocycles. The molecule has 17 heavy (non-hydrogen) atoms. The monoisotopic (exact) mass is 276 g/mol. The second kappa shape index (κ2) is 6.87. The lowest BCUT2D eigenvalue weighted by Crippen LogP contribution is -2.11. The summed E-state index contributed by atoms with van der Waals surface area (Å²) in [4.78, 5) is 0. The van der Waals surface area contributed by atoms with Gasteiger partial charge in [0.1, 0.15) is 15.6 Å². The van der Waals surface area contributed by atoms with E-state index in [0.717, 1.165) is 11.3 Å². The maximum Gasteiger partial charge on any atom is 0.150 e. The molecule has 0 amide bonds. The molecule has 0 heterocycles. The third-order valence-electron chi connectivity index (χ3n) is 2.36. The van der Waals surface area contributed by atoms with Gasteiger partial charge in [0.2, 0.25) is 0 Å². The van der Waals surface area contributed by atoms with Gasteiger partial charge in [0.05, 0.1) is 12.4 Å². The van der Waals surface area contributed by atoms with Gasteiger partial charge in [-0.3, -0.25) is 0 Å². The molecule has 1 aromatic rings. The number of halogens is 1. The molecule has 1 aromatic carbocycles. The van der Waals surface area contributed by atoms with Gasteiger partial charge < -0.3 is 4.74 Å². The van der Waals surface area contributed by atoms with Crippen molar-refractivity contribution < 1.29 is 13.2 Å². The number of benzene rings is 1. The van der Waals surface area contributed by atoms with E-state index in [9.17, 15) is 8.42 Å². The number of alkyl halides is 1. The predicted octanol–water partition coefficient (Wildman–Crippen LogP) is 2.63. The Kier molecular flexibility index (Phi) is 5.78. The molecule has 0 aromatic heterocycles. The van der Waals surface area contributed by atoms with Crippen LogP contribution < -0.4 is 4.74 Å². The Bertz CT molecular complexity index is 443. The zero-order chi connectivity index (χ0) is 12.7. The van der Waals surface area contributed by atoms with Gasteiger partial charge in [0, 0.05) is 11.6 Å². The highest BCUT2D eigenvalue weighted by Gasteiger charge is 2.06. The SMILES string of the molecule is CCS(=O)(=O)CCCOc1cccc(CCl)c1. The number of hydrogen-bond donors (Lipinski definition) is 0. The third-order valence-corrected chi connectivity index (χ3v) is 4.46. The minimum absolute atomic E-state index is 0.179. The van der Waals surface area contributed by atoms with Gasteiger partial charge in [0.15, 0.2) is 0 Å². The van der Waals surface area contributed by atoms with Crippen LogP contribution in [0.3, 0.4) is 0 Å². The number of rotatable bonds is 7. The first-order valence-electron chi connectivity index (χ1n) is 5.55. The van der Waals surface area contributed by atoms with Gasteiger partial charge in [-0.2, -0.15) is 0 Å². The summed E-state index contributed by atoms with van der Waals surface area (Å²) < 4.78 is 27.9. The Balaban J connectivity index is 2.36. The largest absolute Gasteiger partial charge is 0.494 e. The molecule has 0 fully saturated rings. The summed E-state index contributed by atoms with van der Waals surface area (Å²) in [6.07, 6.45) is 0.515. The van der Waals surface area contributed by atoms with E-state index in [-0.39, 0.29) is 11.5 Å².